The third-order valence-electron chi connectivity index (χ3n) is 5.48. The summed E-state index contributed by atoms with van der Waals surface area (Å²) in [5, 5.41) is 3.68. The molecule has 1 N–H and O–H groups in total. The van der Waals surface area contributed by atoms with Gasteiger partial charge >= 0.3 is 0 Å². The molecule has 3 heteroatoms. The van der Waals surface area contributed by atoms with Gasteiger partial charge in [-0.3, -0.25) is 0 Å². The fourth-order valence-electron chi connectivity index (χ4n) is 4.14. The number of hydrogen-bond donors (Lipinski definition) is 1. The molecule has 3 nitrogen and oxygen atoms in total. The molecular formula is C18H27NO2. The van der Waals surface area contributed by atoms with Crippen molar-refractivity contribution in [1.82, 2.24) is 0 Å². The van der Waals surface area contributed by atoms with Crippen LogP contribution in [-0.2, 0) is 0 Å². The van der Waals surface area contributed by atoms with E-state index in [-0.39, 0.29) is 0 Å². The van der Waals surface area contributed by atoms with E-state index in [9.17, 15) is 0 Å². The summed E-state index contributed by atoms with van der Waals surface area (Å²) in [5.41, 5.74) is 1.79. The topological polar surface area (TPSA) is 30.5 Å². The van der Waals surface area contributed by atoms with Crippen LogP contribution in [0.25, 0.3) is 0 Å². The van der Waals surface area contributed by atoms with E-state index in [0.29, 0.717) is 11.5 Å². The summed E-state index contributed by atoms with van der Waals surface area (Å²) < 4.78 is 10.7. The van der Waals surface area contributed by atoms with E-state index in [4.69, 9.17) is 9.47 Å². The highest BCUT2D eigenvalue weighted by Gasteiger charge is 2.37. The number of nitrogens with one attached hydrogen (secondary N) is 1. The van der Waals surface area contributed by atoms with Crippen molar-refractivity contribution in [3.05, 3.63) is 18.2 Å². The number of hydrogen-bond acceptors (Lipinski definition) is 3. The number of anilines is 1. The minimum Gasteiger partial charge on any atom is -0.497 e. The fourth-order valence-corrected chi connectivity index (χ4v) is 4.14. The quantitative estimate of drug-likeness (QED) is 0.877. The van der Waals surface area contributed by atoms with Gasteiger partial charge in [-0.05, 0) is 56.1 Å². The van der Waals surface area contributed by atoms with Gasteiger partial charge in [0.1, 0.15) is 11.5 Å². The van der Waals surface area contributed by atoms with Crippen molar-refractivity contribution >= 4 is 5.69 Å². The van der Waals surface area contributed by atoms with E-state index in [1.54, 1.807) is 14.2 Å². The van der Waals surface area contributed by atoms with Crippen molar-refractivity contribution < 1.29 is 9.47 Å². The average molecular weight is 289 g/mol. The summed E-state index contributed by atoms with van der Waals surface area (Å²) in [6.45, 7) is 0. The molecule has 2 aliphatic carbocycles. The Balaban J connectivity index is 1.62. The Morgan fingerprint density at radius 1 is 1.00 bits per heavy atom. The maximum absolute atomic E-state index is 5.48. The van der Waals surface area contributed by atoms with Crippen molar-refractivity contribution in [3.63, 3.8) is 0 Å². The third-order valence-corrected chi connectivity index (χ3v) is 5.48. The number of rotatable bonds is 4. The Bertz CT molecular complexity index is 470. The number of methoxy groups -OCH3 is 2. The number of ether oxygens (including phenoxy) is 2. The standard InChI is InChI=1S/C18H27NO2/c1-20-15-5-6-16(17(13-15)21-2)19-14-7-11-18(12-8-14)9-3-4-10-18/h5-6,13-14,19H,3-4,7-12H2,1-2H3. The molecule has 2 saturated carbocycles. The van der Waals surface area contributed by atoms with E-state index in [0.717, 1.165) is 17.2 Å². The molecule has 0 aliphatic heterocycles. The molecule has 1 spiro atoms. The minimum atomic E-state index is 0.582. The highest BCUT2D eigenvalue weighted by molar-refractivity contribution is 5.59. The van der Waals surface area contributed by atoms with E-state index in [2.05, 4.69) is 11.4 Å². The normalized spacial score (nSPS) is 21.4. The highest BCUT2D eigenvalue weighted by Crippen LogP contribution is 2.49. The third kappa shape index (κ3) is 3.12. The van der Waals surface area contributed by atoms with E-state index in [1.807, 2.05) is 12.1 Å². The monoisotopic (exact) mass is 289 g/mol. The first kappa shape index (κ1) is 14.6. The molecule has 0 aromatic heterocycles. The second kappa shape index (κ2) is 6.17. The van der Waals surface area contributed by atoms with E-state index < -0.39 is 0 Å². The average Bonchev–Trinajstić information content (AvgIpc) is 2.98. The van der Waals surface area contributed by atoms with Crippen molar-refractivity contribution in [1.29, 1.82) is 0 Å². The van der Waals surface area contributed by atoms with Gasteiger partial charge in [0.05, 0.1) is 19.9 Å². The van der Waals surface area contributed by atoms with E-state index >= 15 is 0 Å². The van der Waals surface area contributed by atoms with Gasteiger partial charge < -0.3 is 14.8 Å². The smallest absolute Gasteiger partial charge is 0.145 e. The van der Waals surface area contributed by atoms with Crippen LogP contribution in [0.3, 0.4) is 0 Å². The Kier molecular flexibility index (Phi) is 4.27. The summed E-state index contributed by atoms with van der Waals surface area (Å²) >= 11 is 0. The van der Waals surface area contributed by atoms with Crippen molar-refractivity contribution in [2.45, 2.75) is 57.4 Å². The molecule has 0 radical (unpaired) electrons. The second-order valence-electron chi connectivity index (χ2n) is 6.69. The molecule has 0 bridgehead atoms. The predicted molar refractivity (Wildman–Crippen MR) is 86.3 cm³/mol. The first-order valence-electron chi connectivity index (χ1n) is 8.23. The summed E-state index contributed by atoms with van der Waals surface area (Å²) in [6.07, 6.45) is 11.2. The van der Waals surface area contributed by atoms with Gasteiger partial charge in [-0.25, -0.2) is 0 Å². The van der Waals surface area contributed by atoms with Gasteiger partial charge in [0, 0.05) is 12.1 Å². The highest BCUT2D eigenvalue weighted by atomic mass is 16.5. The molecule has 1 aromatic carbocycles. The molecular weight excluding hydrogens is 262 g/mol. The minimum absolute atomic E-state index is 0.582. The number of benzene rings is 1. The van der Waals surface area contributed by atoms with Gasteiger partial charge in [0.25, 0.3) is 0 Å². The molecule has 2 aliphatic rings. The second-order valence-corrected chi connectivity index (χ2v) is 6.69. The van der Waals surface area contributed by atoms with Gasteiger partial charge in [0.2, 0.25) is 0 Å². The molecule has 0 heterocycles. The molecule has 2 fully saturated rings. The van der Waals surface area contributed by atoms with Crippen LogP contribution < -0.4 is 14.8 Å². The lowest BCUT2D eigenvalue weighted by Crippen LogP contribution is -2.31. The molecule has 0 amide bonds. The van der Waals surface area contributed by atoms with Crippen molar-refractivity contribution in [2.75, 3.05) is 19.5 Å². The molecule has 21 heavy (non-hydrogen) atoms. The summed E-state index contributed by atoms with van der Waals surface area (Å²) in [4.78, 5) is 0. The van der Waals surface area contributed by atoms with Crippen LogP contribution in [0.4, 0.5) is 5.69 Å². The lowest BCUT2D eigenvalue weighted by molar-refractivity contribution is 0.188. The zero-order chi connectivity index (χ0) is 14.7. The molecule has 1 aromatic rings. The molecule has 0 unspecified atom stereocenters. The molecule has 116 valence electrons. The van der Waals surface area contributed by atoms with Crippen LogP contribution in [0.2, 0.25) is 0 Å². The maximum Gasteiger partial charge on any atom is 0.145 e. The van der Waals surface area contributed by atoms with Gasteiger partial charge in [-0.15, -0.1) is 0 Å². The van der Waals surface area contributed by atoms with Crippen LogP contribution >= 0.6 is 0 Å². The van der Waals surface area contributed by atoms with Gasteiger partial charge in [-0.1, -0.05) is 12.8 Å². The summed E-state index contributed by atoms with van der Waals surface area (Å²) in [7, 11) is 3.40. The Morgan fingerprint density at radius 2 is 1.71 bits per heavy atom. The lowest BCUT2D eigenvalue weighted by atomic mass is 9.71. The zero-order valence-corrected chi connectivity index (χ0v) is 13.3. The lowest BCUT2D eigenvalue weighted by Gasteiger charge is -2.38. The van der Waals surface area contributed by atoms with Gasteiger partial charge in [0.15, 0.2) is 0 Å². The fraction of sp³-hybridized carbons (Fsp3) is 0.667. The Hall–Kier alpha value is -1.38. The maximum atomic E-state index is 5.48. The van der Waals surface area contributed by atoms with Crippen LogP contribution in [0.15, 0.2) is 18.2 Å². The van der Waals surface area contributed by atoms with Crippen LogP contribution in [-0.4, -0.2) is 20.3 Å². The first-order chi connectivity index (χ1) is 10.2. The summed E-state index contributed by atoms with van der Waals surface area (Å²) in [5.74, 6) is 1.71. The van der Waals surface area contributed by atoms with Crippen molar-refractivity contribution in [2.24, 2.45) is 5.41 Å². The first-order valence-corrected chi connectivity index (χ1v) is 8.23. The summed E-state index contributed by atoms with van der Waals surface area (Å²) in [6, 6.07) is 6.59. The van der Waals surface area contributed by atoms with E-state index in [1.165, 1.54) is 51.4 Å². The van der Waals surface area contributed by atoms with Crippen LogP contribution in [0, 0.1) is 5.41 Å². The molecule has 3 rings (SSSR count). The molecule has 0 saturated heterocycles. The Morgan fingerprint density at radius 3 is 2.33 bits per heavy atom. The SMILES string of the molecule is COc1ccc(NC2CCC3(CCCC3)CC2)c(OC)c1. The predicted octanol–water partition coefficient (Wildman–Crippen LogP) is 4.62. The van der Waals surface area contributed by atoms with Gasteiger partial charge in [-0.2, -0.15) is 0 Å². The van der Waals surface area contributed by atoms with Crippen LogP contribution in [0.5, 0.6) is 11.5 Å². The molecule has 0 atom stereocenters. The Labute approximate surface area is 128 Å². The zero-order valence-electron chi connectivity index (χ0n) is 13.3. The largest absolute Gasteiger partial charge is 0.497 e. The van der Waals surface area contributed by atoms with Crippen LogP contribution in [0.1, 0.15) is 51.4 Å². The van der Waals surface area contributed by atoms with Crippen molar-refractivity contribution in [3.8, 4) is 11.5 Å².